The molecule has 0 spiro atoms. The molecule has 0 atom stereocenters. The number of aromatic nitrogens is 3. The highest BCUT2D eigenvalue weighted by molar-refractivity contribution is 7.17. The summed E-state index contributed by atoms with van der Waals surface area (Å²) in [6, 6.07) is 1.66. The molecular formula is C12H13N3O3S. The predicted molar refractivity (Wildman–Crippen MR) is 70.6 cm³/mol. The zero-order valence-corrected chi connectivity index (χ0v) is 11.4. The van der Waals surface area contributed by atoms with E-state index in [4.69, 9.17) is 9.84 Å². The van der Waals surface area contributed by atoms with Crippen molar-refractivity contribution < 1.29 is 14.6 Å². The number of rotatable bonds is 5. The first-order chi connectivity index (χ1) is 9.15. The first-order valence-electron chi connectivity index (χ1n) is 5.83. The van der Waals surface area contributed by atoms with Gasteiger partial charge in [0.25, 0.3) is 0 Å². The molecule has 2 aromatic rings. The molecule has 0 aliphatic heterocycles. The Morgan fingerprint density at radius 2 is 2.21 bits per heavy atom. The number of carboxylic acids is 1. The summed E-state index contributed by atoms with van der Waals surface area (Å²) < 4.78 is 5.29. The number of hydrogen-bond acceptors (Lipinski definition) is 6. The summed E-state index contributed by atoms with van der Waals surface area (Å²) >= 11 is 1.12. The Morgan fingerprint density at radius 3 is 2.79 bits per heavy atom. The van der Waals surface area contributed by atoms with Crippen LogP contribution in [0, 0.1) is 0 Å². The van der Waals surface area contributed by atoms with Crippen LogP contribution in [-0.2, 0) is 6.42 Å². The molecular weight excluding hydrogens is 266 g/mol. The lowest BCUT2D eigenvalue weighted by Crippen LogP contribution is -1.97. The Labute approximate surface area is 114 Å². The monoisotopic (exact) mass is 279 g/mol. The molecule has 0 aromatic carbocycles. The van der Waals surface area contributed by atoms with Crippen molar-refractivity contribution in [2.45, 2.75) is 20.3 Å². The van der Waals surface area contributed by atoms with Crippen molar-refractivity contribution in [3.05, 3.63) is 23.0 Å². The molecule has 0 aliphatic carbocycles. The molecule has 2 aromatic heterocycles. The largest absolute Gasteiger partial charge is 0.478 e. The van der Waals surface area contributed by atoms with Crippen molar-refractivity contribution in [1.82, 2.24) is 15.0 Å². The van der Waals surface area contributed by atoms with E-state index in [1.807, 2.05) is 13.8 Å². The summed E-state index contributed by atoms with van der Waals surface area (Å²) in [6.07, 6.45) is 1.95. The fraction of sp³-hybridized carbons (Fsp3) is 0.333. The molecule has 0 amide bonds. The lowest BCUT2D eigenvalue weighted by molar-refractivity contribution is 0.0701. The Balaban J connectivity index is 2.41. The van der Waals surface area contributed by atoms with Gasteiger partial charge in [-0.05, 0) is 13.3 Å². The Morgan fingerprint density at radius 1 is 1.42 bits per heavy atom. The quantitative estimate of drug-likeness (QED) is 0.903. The van der Waals surface area contributed by atoms with Crippen LogP contribution < -0.4 is 4.74 Å². The van der Waals surface area contributed by atoms with E-state index in [1.165, 1.54) is 6.33 Å². The number of aryl methyl sites for hydroxylation is 1. The number of aromatic carboxylic acids is 1. The second-order valence-corrected chi connectivity index (χ2v) is 4.63. The van der Waals surface area contributed by atoms with Crippen molar-refractivity contribution >= 4 is 17.3 Å². The molecule has 0 saturated carbocycles. The first-order valence-corrected chi connectivity index (χ1v) is 6.65. The average molecular weight is 279 g/mol. The van der Waals surface area contributed by atoms with Gasteiger partial charge in [0.15, 0.2) is 0 Å². The number of ether oxygens (including phenoxy) is 1. The van der Waals surface area contributed by atoms with Crippen LogP contribution in [0.5, 0.6) is 5.88 Å². The number of carboxylic acid groups (broad SMARTS) is 1. The molecule has 6 nitrogen and oxygen atoms in total. The van der Waals surface area contributed by atoms with Gasteiger partial charge >= 0.3 is 5.97 Å². The molecule has 2 heterocycles. The zero-order chi connectivity index (χ0) is 13.8. The van der Waals surface area contributed by atoms with E-state index in [0.717, 1.165) is 11.3 Å². The zero-order valence-electron chi connectivity index (χ0n) is 10.6. The van der Waals surface area contributed by atoms with Crippen LogP contribution in [0.4, 0.5) is 0 Å². The van der Waals surface area contributed by atoms with Gasteiger partial charge in [0.05, 0.1) is 12.3 Å². The van der Waals surface area contributed by atoms with Crippen molar-refractivity contribution in [2.75, 3.05) is 6.61 Å². The number of hydrogen-bond donors (Lipinski definition) is 1. The molecule has 100 valence electrons. The highest BCUT2D eigenvalue weighted by Gasteiger charge is 2.17. The smallest absolute Gasteiger partial charge is 0.347 e. The van der Waals surface area contributed by atoms with E-state index >= 15 is 0 Å². The molecule has 0 fully saturated rings. The van der Waals surface area contributed by atoms with Crippen LogP contribution in [0.15, 0.2) is 12.4 Å². The number of nitrogens with zero attached hydrogens (tertiary/aromatic N) is 3. The first kappa shape index (κ1) is 13.4. The standard InChI is InChI=1S/C12H13N3O3S/c1-3-7-10(12(16)17)19-11(15-7)8-5-9(18-4-2)14-6-13-8/h5-6H,3-4H2,1-2H3,(H,16,17). The van der Waals surface area contributed by atoms with E-state index in [-0.39, 0.29) is 4.88 Å². The van der Waals surface area contributed by atoms with Crippen LogP contribution in [0.3, 0.4) is 0 Å². The van der Waals surface area contributed by atoms with Crippen LogP contribution in [0.1, 0.15) is 29.2 Å². The fourth-order valence-electron chi connectivity index (χ4n) is 1.55. The molecule has 2 rings (SSSR count). The van der Waals surface area contributed by atoms with E-state index in [0.29, 0.717) is 35.3 Å². The lowest BCUT2D eigenvalue weighted by Gasteiger charge is -2.01. The maximum Gasteiger partial charge on any atom is 0.347 e. The van der Waals surface area contributed by atoms with E-state index < -0.39 is 5.97 Å². The highest BCUT2D eigenvalue weighted by Crippen LogP contribution is 2.28. The molecule has 1 N–H and O–H groups in total. The van der Waals surface area contributed by atoms with Gasteiger partial charge in [-0.1, -0.05) is 6.92 Å². The van der Waals surface area contributed by atoms with E-state index in [2.05, 4.69) is 15.0 Å². The van der Waals surface area contributed by atoms with Crippen molar-refractivity contribution in [3.63, 3.8) is 0 Å². The second kappa shape index (κ2) is 5.75. The molecule has 19 heavy (non-hydrogen) atoms. The minimum Gasteiger partial charge on any atom is -0.478 e. The molecule has 0 saturated heterocycles. The summed E-state index contributed by atoms with van der Waals surface area (Å²) in [6.45, 7) is 4.24. The van der Waals surface area contributed by atoms with Crippen molar-refractivity contribution in [3.8, 4) is 16.6 Å². The van der Waals surface area contributed by atoms with Crippen LogP contribution in [0.25, 0.3) is 10.7 Å². The van der Waals surface area contributed by atoms with Gasteiger partial charge in [0, 0.05) is 6.07 Å². The summed E-state index contributed by atoms with van der Waals surface area (Å²) in [4.78, 5) is 23.7. The van der Waals surface area contributed by atoms with Gasteiger partial charge in [-0.15, -0.1) is 11.3 Å². The SMILES string of the molecule is CCOc1cc(-c2nc(CC)c(C(=O)O)s2)ncn1. The van der Waals surface area contributed by atoms with Crippen LogP contribution in [-0.4, -0.2) is 32.6 Å². The van der Waals surface area contributed by atoms with Gasteiger partial charge < -0.3 is 9.84 Å². The van der Waals surface area contributed by atoms with Crippen LogP contribution in [0.2, 0.25) is 0 Å². The minimum atomic E-state index is -0.959. The van der Waals surface area contributed by atoms with Gasteiger partial charge in [-0.2, -0.15) is 0 Å². The molecule has 0 aliphatic rings. The fourth-order valence-corrected chi connectivity index (χ4v) is 2.51. The third-order valence-corrected chi connectivity index (χ3v) is 3.49. The number of thiazole rings is 1. The van der Waals surface area contributed by atoms with Gasteiger partial charge in [-0.25, -0.2) is 19.7 Å². The Kier molecular flexibility index (Phi) is 4.06. The maximum absolute atomic E-state index is 11.1. The topological polar surface area (TPSA) is 85.2 Å². The summed E-state index contributed by atoms with van der Waals surface area (Å²) in [5, 5.41) is 9.68. The van der Waals surface area contributed by atoms with Crippen LogP contribution >= 0.6 is 11.3 Å². The Bertz CT molecular complexity index is 598. The predicted octanol–water partition coefficient (Wildman–Crippen LogP) is 2.26. The Hall–Kier alpha value is -2.02. The summed E-state index contributed by atoms with van der Waals surface area (Å²) in [5.41, 5.74) is 1.15. The third kappa shape index (κ3) is 2.87. The lowest BCUT2D eigenvalue weighted by atomic mass is 10.3. The molecule has 0 unspecified atom stereocenters. The van der Waals surface area contributed by atoms with Gasteiger partial charge in [-0.3, -0.25) is 0 Å². The summed E-state index contributed by atoms with van der Waals surface area (Å²) in [7, 11) is 0. The molecule has 0 bridgehead atoms. The van der Waals surface area contributed by atoms with E-state index in [9.17, 15) is 4.79 Å². The van der Waals surface area contributed by atoms with Crippen molar-refractivity contribution in [2.24, 2.45) is 0 Å². The van der Waals surface area contributed by atoms with Crippen molar-refractivity contribution in [1.29, 1.82) is 0 Å². The average Bonchev–Trinajstić information content (AvgIpc) is 2.84. The molecule has 7 heteroatoms. The molecule has 0 radical (unpaired) electrons. The second-order valence-electron chi connectivity index (χ2n) is 3.63. The van der Waals surface area contributed by atoms with E-state index in [1.54, 1.807) is 6.07 Å². The van der Waals surface area contributed by atoms with Gasteiger partial charge in [0.1, 0.15) is 21.9 Å². The normalized spacial score (nSPS) is 10.4. The highest BCUT2D eigenvalue weighted by atomic mass is 32.1. The van der Waals surface area contributed by atoms with Gasteiger partial charge in [0.2, 0.25) is 5.88 Å². The maximum atomic E-state index is 11.1. The summed E-state index contributed by atoms with van der Waals surface area (Å²) in [5.74, 6) is -0.502. The minimum absolute atomic E-state index is 0.258. The number of carbonyl (C=O) groups is 1. The third-order valence-electron chi connectivity index (χ3n) is 2.38.